The summed E-state index contributed by atoms with van der Waals surface area (Å²) >= 11 is 7.43. The number of rotatable bonds is 10. The minimum atomic E-state index is -0.698. The van der Waals surface area contributed by atoms with E-state index in [4.69, 9.17) is 16.3 Å². The predicted octanol–water partition coefficient (Wildman–Crippen LogP) is 5.85. The van der Waals surface area contributed by atoms with Gasteiger partial charge in [0.2, 0.25) is 11.8 Å². The maximum absolute atomic E-state index is 12.8. The first kappa shape index (κ1) is 27.4. The normalized spacial score (nSPS) is 11.6. The molecule has 8 heteroatoms. The predicted molar refractivity (Wildman–Crippen MR) is 154 cm³/mol. The maximum Gasteiger partial charge on any atom is 0.242 e. The second-order valence-corrected chi connectivity index (χ2v) is 10.2. The number of halogens is 1. The number of amides is 2. The van der Waals surface area contributed by atoms with Crippen LogP contribution in [0, 0.1) is 6.92 Å². The van der Waals surface area contributed by atoms with Crippen molar-refractivity contribution in [2.24, 2.45) is 0 Å². The zero-order valence-corrected chi connectivity index (χ0v) is 23.2. The van der Waals surface area contributed by atoms with Gasteiger partial charge in [0.25, 0.3) is 0 Å². The van der Waals surface area contributed by atoms with Crippen LogP contribution in [0.1, 0.15) is 23.7 Å². The van der Waals surface area contributed by atoms with Crippen LogP contribution in [0.2, 0.25) is 5.02 Å². The number of hydrogen-bond donors (Lipinski definition) is 2. The van der Waals surface area contributed by atoms with Crippen LogP contribution in [0.4, 0.5) is 0 Å². The third kappa shape index (κ3) is 7.21. The number of aromatic nitrogens is 1. The Morgan fingerprint density at radius 2 is 1.71 bits per heavy atom. The number of ether oxygens (including phenoxy) is 1. The van der Waals surface area contributed by atoms with Gasteiger partial charge in [-0.15, -0.1) is 11.3 Å². The number of carbonyl (C=O) groups excluding carboxylic acids is 2. The maximum atomic E-state index is 12.8. The quantitative estimate of drug-likeness (QED) is 0.261. The Labute approximate surface area is 232 Å². The average molecular weight is 548 g/mol. The molecule has 0 saturated carbocycles. The summed E-state index contributed by atoms with van der Waals surface area (Å²) in [6.07, 6.45) is 0.461. The Hall–Kier alpha value is -3.68. The van der Waals surface area contributed by atoms with E-state index in [2.05, 4.69) is 21.7 Å². The fourth-order valence-corrected chi connectivity index (χ4v) is 5.09. The van der Waals surface area contributed by atoms with E-state index in [9.17, 15) is 9.59 Å². The number of nitrogens with one attached hydrogen (secondary N) is 2. The standard InChI is InChI=1S/C30H30ClN3O3S/c1-4-37-26-14-19(2)13-23(16-26)21-7-5-20(6-8-21)15-27(29(36)32-3)34-28(35)17-25-18-38-30(33-25)22-9-11-24(31)12-10-22/h5-14,16,18,27H,4,15,17H2,1-3H3,(H,32,36)(H,34,35)/t27-/m1/s1. The molecule has 0 unspecified atom stereocenters. The monoisotopic (exact) mass is 547 g/mol. The molecule has 1 atom stereocenters. The lowest BCUT2D eigenvalue weighted by molar-refractivity contribution is -0.128. The van der Waals surface area contributed by atoms with Crippen LogP contribution in [0.3, 0.4) is 0 Å². The SMILES string of the molecule is CCOc1cc(C)cc(-c2ccc(C[C@@H](NC(=O)Cc3csc(-c4ccc(Cl)cc4)n3)C(=O)NC)cc2)c1. The second kappa shape index (κ2) is 12.7. The lowest BCUT2D eigenvalue weighted by Gasteiger charge is -2.17. The molecule has 4 rings (SSSR count). The summed E-state index contributed by atoms with van der Waals surface area (Å²) < 4.78 is 5.68. The van der Waals surface area contributed by atoms with Gasteiger partial charge in [-0.05, 0) is 60.4 Å². The summed E-state index contributed by atoms with van der Waals surface area (Å²) in [6.45, 7) is 4.62. The molecule has 196 valence electrons. The molecule has 0 fully saturated rings. The topological polar surface area (TPSA) is 80.3 Å². The van der Waals surface area contributed by atoms with E-state index < -0.39 is 6.04 Å². The first-order chi connectivity index (χ1) is 18.3. The van der Waals surface area contributed by atoms with Crippen molar-refractivity contribution < 1.29 is 14.3 Å². The first-order valence-electron chi connectivity index (χ1n) is 12.4. The highest BCUT2D eigenvalue weighted by Crippen LogP contribution is 2.27. The average Bonchev–Trinajstić information content (AvgIpc) is 3.36. The molecule has 4 aromatic rings. The van der Waals surface area contributed by atoms with E-state index in [1.165, 1.54) is 11.3 Å². The molecule has 1 aromatic heterocycles. The van der Waals surface area contributed by atoms with Crippen LogP contribution in [0.15, 0.2) is 72.1 Å². The van der Waals surface area contributed by atoms with Crippen LogP contribution in [-0.4, -0.2) is 36.5 Å². The van der Waals surface area contributed by atoms with Gasteiger partial charge in [0.1, 0.15) is 16.8 Å². The summed E-state index contributed by atoms with van der Waals surface area (Å²) in [7, 11) is 1.57. The van der Waals surface area contributed by atoms with E-state index in [1.807, 2.05) is 79.9 Å². The molecule has 0 aliphatic heterocycles. The molecule has 2 N–H and O–H groups in total. The van der Waals surface area contributed by atoms with Crippen molar-refractivity contribution in [1.29, 1.82) is 0 Å². The van der Waals surface area contributed by atoms with Crippen molar-refractivity contribution in [2.75, 3.05) is 13.7 Å². The molecule has 0 bridgehead atoms. The highest BCUT2D eigenvalue weighted by molar-refractivity contribution is 7.13. The van der Waals surface area contributed by atoms with Crippen molar-refractivity contribution in [3.8, 4) is 27.4 Å². The van der Waals surface area contributed by atoms with Crippen molar-refractivity contribution in [3.63, 3.8) is 0 Å². The van der Waals surface area contributed by atoms with Gasteiger partial charge in [0.05, 0.1) is 18.7 Å². The van der Waals surface area contributed by atoms with E-state index in [-0.39, 0.29) is 18.2 Å². The minimum Gasteiger partial charge on any atom is -0.494 e. The van der Waals surface area contributed by atoms with Crippen LogP contribution in [-0.2, 0) is 22.4 Å². The minimum absolute atomic E-state index is 0.0893. The summed E-state index contributed by atoms with van der Waals surface area (Å²) in [5.41, 5.74) is 5.78. The molecule has 6 nitrogen and oxygen atoms in total. The molecule has 1 heterocycles. The zero-order valence-electron chi connectivity index (χ0n) is 21.6. The van der Waals surface area contributed by atoms with Crippen LogP contribution in [0.5, 0.6) is 5.75 Å². The summed E-state index contributed by atoms with van der Waals surface area (Å²) in [4.78, 5) is 30.0. The number of carbonyl (C=O) groups is 2. The number of benzene rings is 3. The van der Waals surface area contributed by atoms with Crippen molar-refractivity contribution in [2.45, 2.75) is 32.7 Å². The third-order valence-corrected chi connectivity index (χ3v) is 7.16. The Morgan fingerprint density at radius 1 is 1.00 bits per heavy atom. The van der Waals surface area contributed by atoms with E-state index in [0.717, 1.165) is 38.6 Å². The molecule has 0 radical (unpaired) electrons. The molecular formula is C30H30ClN3O3S. The zero-order chi connectivity index (χ0) is 27.1. The molecule has 0 saturated heterocycles. The van der Waals surface area contributed by atoms with Gasteiger partial charge in [0.15, 0.2) is 0 Å². The number of hydrogen-bond acceptors (Lipinski definition) is 5. The molecular weight excluding hydrogens is 518 g/mol. The number of aryl methyl sites for hydroxylation is 1. The Morgan fingerprint density at radius 3 is 2.39 bits per heavy atom. The highest BCUT2D eigenvalue weighted by atomic mass is 35.5. The van der Waals surface area contributed by atoms with Crippen molar-refractivity contribution in [3.05, 3.63) is 94.0 Å². The fourth-order valence-electron chi connectivity index (χ4n) is 4.14. The summed E-state index contributed by atoms with van der Waals surface area (Å²) in [5.74, 6) is 0.336. The second-order valence-electron chi connectivity index (χ2n) is 8.93. The van der Waals surface area contributed by atoms with E-state index in [0.29, 0.717) is 23.7 Å². The van der Waals surface area contributed by atoms with Crippen molar-refractivity contribution >= 4 is 34.8 Å². The van der Waals surface area contributed by atoms with Crippen LogP contribution < -0.4 is 15.4 Å². The lowest BCUT2D eigenvalue weighted by Crippen LogP contribution is -2.47. The third-order valence-electron chi connectivity index (χ3n) is 5.97. The molecule has 38 heavy (non-hydrogen) atoms. The van der Waals surface area contributed by atoms with Crippen molar-refractivity contribution in [1.82, 2.24) is 15.6 Å². The number of likely N-dealkylation sites (N-methyl/N-ethyl adjacent to an activating group) is 1. The molecule has 0 aliphatic carbocycles. The molecule has 3 aromatic carbocycles. The van der Waals surface area contributed by atoms with Gasteiger partial charge >= 0.3 is 0 Å². The Balaban J connectivity index is 1.41. The fraction of sp³-hybridized carbons (Fsp3) is 0.233. The van der Waals surface area contributed by atoms with Gasteiger partial charge in [-0.1, -0.05) is 54.1 Å². The largest absolute Gasteiger partial charge is 0.494 e. The molecule has 2 amide bonds. The molecule has 0 spiro atoms. The van der Waals surface area contributed by atoms with Crippen LogP contribution >= 0.6 is 22.9 Å². The van der Waals surface area contributed by atoms with Gasteiger partial charge in [0, 0.05) is 29.4 Å². The Kier molecular flexibility index (Phi) is 9.15. The molecule has 0 aliphatic rings. The van der Waals surface area contributed by atoms with Gasteiger partial charge in [-0.25, -0.2) is 4.98 Å². The Bertz CT molecular complexity index is 1400. The first-order valence-corrected chi connectivity index (χ1v) is 13.7. The lowest BCUT2D eigenvalue weighted by atomic mass is 9.99. The summed E-state index contributed by atoms with van der Waals surface area (Å²) in [5, 5.41) is 8.86. The van der Waals surface area contributed by atoms with Gasteiger partial charge < -0.3 is 15.4 Å². The van der Waals surface area contributed by atoms with E-state index >= 15 is 0 Å². The van der Waals surface area contributed by atoms with Crippen LogP contribution in [0.25, 0.3) is 21.7 Å². The van der Waals surface area contributed by atoms with Gasteiger partial charge in [-0.3, -0.25) is 9.59 Å². The number of nitrogens with zero attached hydrogens (tertiary/aromatic N) is 1. The summed E-state index contributed by atoms with van der Waals surface area (Å²) in [6, 6.07) is 20.9. The number of thiazole rings is 1. The van der Waals surface area contributed by atoms with Gasteiger partial charge in [-0.2, -0.15) is 0 Å². The smallest absolute Gasteiger partial charge is 0.242 e. The highest BCUT2D eigenvalue weighted by Gasteiger charge is 2.21. The van der Waals surface area contributed by atoms with E-state index in [1.54, 1.807) is 7.05 Å².